The summed E-state index contributed by atoms with van der Waals surface area (Å²) in [5, 5.41) is 0. The molecule has 3 heteroatoms. The van der Waals surface area contributed by atoms with Gasteiger partial charge in [0.05, 0.1) is 12.7 Å². The van der Waals surface area contributed by atoms with Crippen molar-refractivity contribution in [1.82, 2.24) is 0 Å². The zero-order valence-corrected chi connectivity index (χ0v) is 8.08. The van der Waals surface area contributed by atoms with Crippen molar-refractivity contribution in [2.24, 2.45) is 11.7 Å². The summed E-state index contributed by atoms with van der Waals surface area (Å²) in [7, 11) is 0. The molecule has 2 aliphatic rings. The summed E-state index contributed by atoms with van der Waals surface area (Å²) >= 11 is 0. The Balaban J connectivity index is 1.78. The Morgan fingerprint density at radius 3 is 2.85 bits per heavy atom. The fourth-order valence-corrected chi connectivity index (χ4v) is 2.22. The minimum absolute atomic E-state index is 0.331. The lowest BCUT2D eigenvalue weighted by Crippen LogP contribution is -2.40. The molecule has 0 saturated carbocycles. The Morgan fingerprint density at radius 2 is 2.15 bits per heavy atom. The van der Waals surface area contributed by atoms with Gasteiger partial charge in [0.25, 0.3) is 0 Å². The van der Waals surface area contributed by atoms with Crippen molar-refractivity contribution in [3.8, 4) is 0 Å². The highest BCUT2D eigenvalue weighted by Gasteiger charge is 2.27. The van der Waals surface area contributed by atoms with Gasteiger partial charge in [0.15, 0.2) is 0 Å². The molecule has 0 aromatic heterocycles. The molecule has 76 valence electrons. The smallest absolute Gasteiger partial charge is 0.0580 e. The topological polar surface area (TPSA) is 44.5 Å². The van der Waals surface area contributed by atoms with Crippen LogP contribution >= 0.6 is 0 Å². The maximum Gasteiger partial charge on any atom is 0.0580 e. The van der Waals surface area contributed by atoms with Crippen molar-refractivity contribution in [2.45, 2.75) is 37.8 Å². The number of hydrogen-bond acceptors (Lipinski definition) is 3. The van der Waals surface area contributed by atoms with Gasteiger partial charge in [-0.1, -0.05) is 0 Å². The van der Waals surface area contributed by atoms with Crippen LogP contribution in [0.1, 0.15) is 25.7 Å². The summed E-state index contributed by atoms with van der Waals surface area (Å²) in [4.78, 5) is 0. The second-order valence-electron chi connectivity index (χ2n) is 4.16. The van der Waals surface area contributed by atoms with Crippen LogP contribution in [0.4, 0.5) is 0 Å². The van der Waals surface area contributed by atoms with Crippen molar-refractivity contribution in [3.63, 3.8) is 0 Å². The van der Waals surface area contributed by atoms with E-state index in [0.29, 0.717) is 18.1 Å². The number of nitrogens with two attached hydrogens (primary N) is 1. The van der Waals surface area contributed by atoms with Gasteiger partial charge < -0.3 is 15.2 Å². The van der Waals surface area contributed by atoms with Crippen LogP contribution in [0, 0.1) is 5.92 Å². The first-order chi connectivity index (χ1) is 6.36. The first-order valence-electron chi connectivity index (χ1n) is 5.31. The van der Waals surface area contributed by atoms with E-state index in [4.69, 9.17) is 15.2 Å². The molecule has 0 amide bonds. The predicted molar refractivity (Wildman–Crippen MR) is 50.5 cm³/mol. The number of ether oxygens (including phenoxy) is 2. The van der Waals surface area contributed by atoms with E-state index in [1.807, 2.05) is 0 Å². The van der Waals surface area contributed by atoms with E-state index < -0.39 is 0 Å². The monoisotopic (exact) mass is 185 g/mol. The molecule has 3 nitrogen and oxygen atoms in total. The molecule has 2 fully saturated rings. The van der Waals surface area contributed by atoms with Crippen LogP contribution in [-0.2, 0) is 9.47 Å². The van der Waals surface area contributed by atoms with Crippen molar-refractivity contribution in [1.29, 1.82) is 0 Å². The quantitative estimate of drug-likeness (QED) is 0.695. The highest BCUT2D eigenvalue weighted by Crippen LogP contribution is 2.24. The molecular weight excluding hydrogens is 166 g/mol. The largest absolute Gasteiger partial charge is 0.381 e. The Kier molecular flexibility index (Phi) is 3.19. The van der Waals surface area contributed by atoms with Gasteiger partial charge in [0.1, 0.15) is 0 Å². The van der Waals surface area contributed by atoms with E-state index in [2.05, 4.69) is 0 Å². The Morgan fingerprint density at radius 1 is 1.23 bits per heavy atom. The van der Waals surface area contributed by atoms with E-state index in [0.717, 1.165) is 32.7 Å². The van der Waals surface area contributed by atoms with E-state index in [1.54, 1.807) is 0 Å². The van der Waals surface area contributed by atoms with Crippen LogP contribution in [0.15, 0.2) is 0 Å². The van der Waals surface area contributed by atoms with Crippen molar-refractivity contribution in [2.75, 3.05) is 19.8 Å². The van der Waals surface area contributed by atoms with E-state index in [1.165, 1.54) is 12.8 Å². The number of hydrogen-bond donors (Lipinski definition) is 1. The second-order valence-corrected chi connectivity index (χ2v) is 4.16. The van der Waals surface area contributed by atoms with E-state index >= 15 is 0 Å². The molecule has 2 aliphatic heterocycles. The van der Waals surface area contributed by atoms with Gasteiger partial charge in [-0.2, -0.15) is 0 Å². The van der Waals surface area contributed by atoms with Crippen molar-refractivity contribution >= 4 is 0 Å². The van der Waals surface area contributed by atoms with E-state index in [9.17, 15) is 0 Å². The molecule has 0 spiro atoms. The molecule has 0 bridgehead atoms. The Bertz CT molecular complexity index is 157. The Hall–Kier alpha value is -0.120. The van der Waals surface area contributed by atoms with Gasteiger partial charge in [0.2, 0.25) is 0 Å². The van der Waals surface area contributed by atoms with Crippen LogP contribution in [0.3, 0.4) is 0 Å². The third kappa shape index (κ3) is 2.42. The highest BCUT2D eigenvalue weighted by molar-refractivity contribution is 4.80. The zero-order chi connectivity index (χ0) is 9.10. The van der Waals surface area contributed by atoms with Gasteiger partial charge in [0, 0.05) is 19.3 Å². The lowest BCUT2D eigenvalue weighted by molar-refractivity contribution is 0.0103. The maximum atomic E-state index is 6.02. The summed E-state index contributed by atoms with van der Waals surface area (Å²) < 4.78 is 11.0. The molecule has 2 N–H and O–H groups in total. The van der Waals surface area contributed by atoms with Crippen molar-refractivity contribution in [3.05, 3.63) is 0 Å². The van der Waals surface area contributed by atoms with Crippen LogP contribution in [0.25, 0.3) is 0 Å². The molecule has 2 rings (SSSR count). The average molecular weight is 185 g/mol. The molecule has 0 aromatic carbocycles. The van der Waals surface area contributed by atoms with Crippen molar-refractivity contribution < 1.29 is 9.47 Å². The molecule has 3 atom stereocenters. The molecular formula is C10H19NO2. The molecule has 2 heterocycles. The summed E-state index contributed by atoms with van der Waals surface area (Å²) in [5.41, 5.74) is 6.02. The summed E-state index contributed by atoms with van der Waals surface area (Å²) in [6.45, 7) is 2.61. The van der Waals surface area contributed by atoms with Crippen LogP contribution < -0.4 is 5.73 Å². The standard InChI is InChI=1S/C10H19NO2/c11-10-3-5-12-7-8(10)6-9-2-1-4-13-9/h8-10H,1-7,11H2. The first kappa shape index (κ1) is 9.44. The highest BCUT2D eigenvalue weighted by atomic mass is 16.5. The molecule has 2 saturated heterocycles. The van der Waals surface area contributed by atoms with Gasteiger partial charge in [-0.25, -0.2) is 0 Å². The minimum atomic E-state index is 0.331. The molecule has 3 unspecified atom stereocenters. The fourth-order valence-electron chi connectivity index (χ4n) is 2.22. The minimum Gasteiger partial charge on any atom is -0.381 e. The summed E-state index contributed by atoms with van der Waals surface area (Å²) in [6, 6.07) is 0.331. The maximum absolute atomic E-state index is 6.02. The normalized spacial score (nSPS) is 40.8. The Labute approximate surface area is 79.6 Å². The van der Waals surface area contributed by atoms with Crippen LogP contribution in [0.2, 0.25) is 0 Å². The predicted octanol–water partition coefficient (Wildman–Crippen LogP) is 0.919. The average Bonchev–Trinajstić information content (AvgIpc) is 2.61. The SMILES string of the molecule is NC1CCOCC1CC1CCCO1. The molecule has 0 aromatic rings. The first-order valence-corrected chi connectivity index (χ1v) is 5.31. The van der Waals surface area contributed by atoms with Gasteiger partial charge in [-0.15, -0.1) is 0 Å². The summed E-state index contributed by atoms with van der Waals surface area (Å²) in [6.07, 6.45) is 4.99. The third-order valence-electron chi connectivity index (χ3n) is 3.12. The van der Waals surface area contributed by atoms with Crippen LogP contribution in [-0.4, -0.2) is 32.0 Å². The van der Waals surface area contributed by atoms with Gasteiger partial charge >= 0.3 is 0 Å². The second kappa shape index (κ2) is 4.40. The molecule has 13 heavy (non-hydrogen) atoms. The third-order valence-corrected chi connectivity index (χ3v) is 3.12. The summed E-state index contributed by atoms with van der Waals surface area (Å²) in [5.74, 6) is 0.525. The lowest BCUT2D eigenvalue weighted by Gasteiger charge is -2.30. The lowest BCUT2D eigenvalue weighted by atomic mass is 9.90. The zero-order valence-electron chi connectivity index (χ0n) is 8.08. The number of rotatable bonds is 2. The fraction of sp³-hybridized carbons (Fsp3) is 1.00. The van der Waals surface area contributed by atoms with Gasteiger partial charge in [-0.05, 0) is 31.6 Å². The molecule has 0 radical (unpaired) electrons. The van der Waals surface area contributed by atoms with E-state index in [-0.39, 0.29) is 0 Å². The van der Waals surface area contributed by atoms with Crippen LogP contribution in [0.5, 0.6) is 0 Å². The van der Waals surface area contributed by atoms with Gasteiger partial charge in [-0.3, -0.25) is 0 Å². The molecule has 0 aliphatic carbocycles.